The first-order chi connectivity index (χ1) is 14.2. The number of oxazole rings is 1. The predicted octanol–water partition coefficient (Wildman–Crippen LogP) is 4.77. The van der Waals surface area contributed by atoms with Gasteiger partial charge in [0, 0.05) is 12.1 Å². The van der Waals surface area contributed by atoms with Gasteiger partial charge in [-0.1, -0.05) is 44.6 Å². The number of nitrogens with one attached hydrogen (secondary N) is 1. The number of thiophene rings is 1. The Kier molecular flexibility index (Phi) is 6.64. The molecule has 2 heterocycles. The summed E-state index contributed by atoms with van der Waals surface area (Å²) in [6.07, 6.45) is 12.6. The van der Waals surface area contributed by atoms with Gasteiger partial charge in [-0.25, -0.2) is 4.98 Å². The molecule has 2 aliphatic rings. The number of carbonyl (C=O) groups excluding carboxylic acids is 2. The van der Waals surface area contributed by atoms with Crippen molar-refractivity contribution < 1.29 is 14.0 Å². The van der Waals surface area contributed by atoms with Crippen LogP contribution in [0.1, 0.15) is 90.3 Å². The second-order valence-electron chi connectivity index (χ2n) is 8.14. The first kappa shape index (κ1) is 20.1. The molecule has 0 bridgehead atoms. The summed E-state index contributed by atoms with van der Waals surface area (Å²) in [5.74, 6) is 0.272. The van der Waals surface area contributed by atoms with E-state index in [4.69, 9.17) is 4.42 Å². The standard InChI is InChI=1S/C22H29N3O3S/c26-21(23-16-8-3-1-4-9-16)18-15-28-20(24-18)14-25(17-10-5-2-6-11-17)22(27)19-12-7-13-29-19/h7,12-13,15-17H,1-6,8-11,14H2,(H,23,26). The normalized spacial score (nSPS) is 18.5. The molecule has 1 N–H and O–H groups in total. The molecule has 0 radical (unpaired) electrons. The van der Waals surface area contributed by atoms with Gasteiger partial charge in [0.1, 0.15) is 6.26 Å². The summed E-state index contributed by atoms with van der Waals surface area (Å²) in [5.41, 5.74) is 0.303. The van der Waals surface area contributed by atoms with Gasteiger partial charge in [0.05, 0.1) is 11.4 Å². The molecular weight excluding hydrogens is 386 g/mol. The van der Waals surface area contributed by atoms with E-state index in [0.29, 0.717) is 18.1 Å². The highest BCUT2D eigenvalue weighted by Gasteiger charge is 2.29. The van der Waals surface area contributed by atoms with Crippen LogP contribution in [0.2, 0.25) is 0 Å². The van der Waals surface area contributed by atoms with Crippen LogP contribution in [0.4, 0.5) is 0 Å². The number of aromatic nitrogens is 1. The van der Waals surface area contributed by atoms with E-state index in [1.807, 2.05) is 22.4 Å². The van der Waals surface area contributed by atoms with E-state index in [2.05, 4.69) is 10.3 Å². The van der Waals surface area contributed by atoms with E-state index < -0.39 is 0 Å². The largest absolute Gasteiger partial charge is 0.446 e. The molecule has 2 amide bonds. The molecule has 2 aromatic heterocycles. The molecule has 2 aliphatic carbocycles. The van der Waals surface area contributed by atoms with Crippen LogP contribution in [0.25, 0.3) is 0 Å². The zero-order chi connectivity index (χ0) is 20.1. The minimum Gasteiger partial charge on any atom is -0.446 e. The topological polar surface area (TPSA) is 75.4 Å². The third-order valence-electron chi connectivity index (χ3n) is 6.04. The van der Waals surface area contributed by atoms with Crippen molar-refractivity contribution in [3.63, 3.8) is 0 Å². The summed E-state index contributed by atoms with van der Waals surface area (Å²) in [6, 6.07) is 4.19. The summed E-state index contributed by atoms with van der Waals surface area (Å²) in [7, 11) is 0. The fraction of sp³-hybridized carbons (Fsp3) is 0.591. The molecule has 0 unspecified atom stereocenters. The first-order valence-electron chi connectivity index (χ1n) is 10.8. The fourth-order valence-corrected chi connectivity index (χ4v) is 5.12. The van der Waals surface area contributed by atoms with E-state index in [1.165, 1.54) is 30.4 Å². The quantitative estimate of drug-likeness (QED) is 0.737. The molecule has 2 fully saturated rings. The number of hydrogen-bond acceptors (Lipinski definition) is 5. The van der Waals surface area contributed by atoms with Gasteiger partial charge in [-0.2, -0.15) is 0 Å². The van der Waals surface area contributed by atoms with Gasteiger partial charge in [0.15, 0.2) is 5.69 Å². The number of nitrogens with zero attached hydrogens (tertiary/aromatic N) is 2. The molecule has 0 aliphatic heterocycles. The van der Waals surface area contributed by atoms with Crippen molar-refractivity contribution in [2.75, 3.05) is 0 Å². The van der Waals surface area contributed by atoms with E-state index in [-0.39, 0.29) is 23.9 Å². The molecule has 29 heavy (non-hydrogen) atoms. The lowest BCUT2D eigenvalue weighted by atomic mass is 9.94. The Hall–Kier alpha value is -2.15. The third-order valence-corrected chi connectivity index (χ3v) is 6.90. The zero-order valence-electron chi connectivity index (χ0n) is 16.8. The van der Waals surface area contributed by atoms with E-state index in [0.717, 1.165) is 56.2 Å². The summed E-state index contributed by atoms with van der Waals surface area (Å²) in [4.78, 5) is 32.6. The molecule has 7 heteroatoms. The second-order valence-corrected chi connectivity index (χ2v) is 9.08. The van der Waals surface area contributed by atoms with Crippen LogP contribution >= 0.6 is 11.3 Å². The summed E-state index contributed by atoms with van der Waals surface area (Å²) in [5, 5.41) is 4.99. The van der Waals surface area contributed by atoms with Gasteiger partial charge in [0.2, 0.25) is 5.89 Å². The predicted molar refractivity (Wildman–Crippen MR) is 112 cm³/mol. The van der Waals surface area contributed by atoms with Crippen molar-refractivity contribution >= 4 is 23.2 Å². The van der Waals surface area contributed by atoms with Gasteiger partial charge in [-0.05, 0) is 37.1 Å². The fourth-order valence-electron chi connectivity index (χ4n) is 4.44. The smallest absolute Gasteiger partial charge is 0.273 e. The summed E-state index contributed by atoms with van der Waals surface area (Å²) < 4.78 is 5.60. The maximum absolute atomic E-state index is 13.1. The lowest BCUT2D eigenvalue weighted by molar-refractivity contribution is 0.0597. The van der Waals surface area contributed by atoms with E-state index >= 15 is 0 Å². The lowest BCUT2D eigenvalue weighted by Crippen LogP contribution is -2.40. The molecule has 156 valence electrons. The Bertz CT molecular complexity index is 805. The molecule has 0 spiro atoms. The minimum absolute atomic E-state index is 0.0262. The Morgan fingerprint density at radius 2 is 1.83 bits per heavy atom. The van der Waals surface area contributed by atoms with Crippen molar-refractivity contribution in [1.82, 2.24) is 15.2 Å². The van der Waals surface area contributed by atoms with Crippen LogP contribution in [0.15, 0.2) is 28.2 Å². The highest BCUT2D eigenvalue weighted by Crippen LogP contribution is 2.27. The summed E-state index contributed by atoms with van der Waals surface area (Å²) >= 11 is 1.46. The van der Waals surface area contributed by atoms with Crippen molar-refractivity contribution in [2.24, 2.45) is 0 Å². The molecule has 2 saturated carbocycles. The summed E-state index contributed by atoms with van der Waals surface area (Å²) in [6.45, 7) is 0.304. The van der Waals surface area contributed by atoms with Crippen LogP contribution in [0, 0.1) is 0 Å². The molecule has 0 saturated heterocycles. The Morgan fingerprint density at radius 1 is 1.10 bits per heavy atom. The van der Waals surface area contributed by atoms with Crippen LogP contribution in [0.5, 0.6) is 0 Å². The SMILES string of the molecule is O=C(NC1CCCCC1)c1coc(CN(C(=O)c2cccs2)C2CCCCC2)n1. The molecule has 0 aromatic carbocycles. The average molecular weight is 416 g/mol. The molecule has 2 aromatic rings. The Balaban J connectivity index is 1.44. The van der Waals surface area contributed by atoms with Crippen LogP contribution in [-0.2, 0) is 6.54 Å². The zero-order valence-corrected chi connectivity index (χ0v) is 17.6. The van der Waals surface area contributed by atoms with E-state index in [9.17, 15) is 9.59 Å². The molecule has 0 atom stereocenters. The number of carbonyl (C=O) groups is 2. The van der Waals surface area contributed by atoms with Crippen molar-refractivity contribution in [2.45, 2.75) is 82.8 Å². The third kappa shape index (κ3) is 5.07. The monoisotopic (exact) mass is 415 g/mol. The average Bonchev–Trinajstić information content (AvgIpc) is 3.45. The van der Waals surface area contributed by atoms with Gasteiger partial charge < -0.3 is 14.6 Å². The number of rotatable bonds is 6. The van der Waals surface area contributed by atoms with E-state index in [1.54, 1.807) is 0 Å². The van der Waals surface area contributed by atoms with Crippen LogP contribution < -0.4 is 5.32 Å². The maximum atomic E-state index is 13.1. The Morgan fingerprint density at radius 3 is 2.52 bits per heavy atom. The van der Waals surface area contributed by atoms with Crippen molar-refractivity contribution in [3.05, 3.63) is 40.2 Å². The van der Waals surface area contributed by atoms with Crippen molar-refractivity contribution in [3.8, 4) is 0 Å². The van der Waals surface area contributed by atoms with Crippen LogP contribution in [0.3, 0.4) is 0 Å². The number of hydrogen-bond donors (Lipinski definition) is 1. The lowest BCUT2D eigenvalue weighted by Gasteiger charge is -2.33. The molecular formula is C22H29N3O3S. The maximum Gasteiger partial charge on any atom is 0.273 e. The highest BCUT2D eigenvalue weighted by atomic mass is 32.1. The van der Waals surface area contributed by atoms with Gasteiger partial charge in [-0.15, -0.1) is 11.3 Å². The second kappa shape index (κ2) is 9.57. The van der Waals surface area contributed by atoms with Gasteiger partial charge in [-0.3, -0.25) is 9.59 Å². The minimum atomic E-state index is -0.180. The van der Waals surface area contributed by atoms with Gasteiger partial charge in [0.25, 0.3) is 11.8 Å². The molecule has 4 rings (SSSR count). The van der Waals surface area contributed by atoms with Crippen molar-refractivity contribution in [1.29, 1.82) is 0 Å². The van der Waals surface area contributed by atoms with Gasteiger partial charge >= 0.3 is 0 Å². The van der Waals surface area contributed by atoms with Crippen LogP contribution in [-0.4, -0.2) is 33.8 Å². The Labute approximate surface area is 175 Å². The molecule has 6 nitrogen and oxygen atoms in total. The highest BCUT2D eigenvalue weighted by molar-refractivity contribution is 7.12. The number of amides is 2. The first-order valence-corrected chi connectivity index (χ1v) is 11.7.